The first kappa shape index (κ1) is 30.3. The summed E-state index contributed by atoms with van der Waals surface area (Å²) in [7, 11) is 1.95. The molecule has 0 heterocycles. The number of carbonyl (C=O) groups excluding carboxylic acids is 2. The van der Waals surface area contributed by atoms with Crippen molar-refractivity contribution >= 4 is 27.4 Å². The molecule has 10 nitrogen and oxygen atoms in total. The second kappa shape index (κ2) is 14.6. The molecule has 0 atom stereocenters. The van der Waals surface area contributed by atoms with Crippen LogP contribution >= 0.6 is 0 Å². The quantitative estimate of drug-likeness (QED) is 0.168. The highest BCUT2D eigenvalue weighted by atomic mass is 32.2. The molecule has 1 aromatic rings. The number of esters is 1. The van der Waals surface area contributed by atoms with Crippen molar-refractivity contribution in [2.24, 2.45) is 0 Å². The molecule has 0 aromatic heterocycles. The van der Waals surface area contributed by atoms with Gasteiger partial charge in [-0.1, -0.05) is 12.6 Å². The summed E-state index contributed by atoms with van der Waals surface area (Å²) in [4.78, 5) is 23.7. The van der Waals surface area contributed by atoms with Crippen LogP contribution in [-0.2, 0) is 44.1 Å². The molecule has 0 fully saturated rings. The van der Waals surface area contributed by atoms with E-state index in [2.05, 4.69) is 11.9 Å². The normalized spacial score (nSPS) is 12.4. The lowest BCUT2D eigenvalue weighted by atomic mass is 10.1. The Hall–Kier alpha value is -3.73. The fourth-order valence-corrected chi connectivity index (χ4v) is 3.95. The van der Waals surface area contributed by atoms with Crippen LogP contribution in [0.3, 0.4) is 0 Å². The topological polar surface area (TPSA) is 126 Å². The molecular formula is C25H33NO9S. The van der Waals surface area contributed by atoms with Crippen LogP contribution in [0.4, 0.5) is 5.69 Å². The standard InChI is InChI=1S/C25H33NO9S/c1-8-35-25(28)15-24(27)26-21-14-19(9-10-22(21)33-6)16-36(29,30)12-11-20(18(3)32-5)23(34-7)13-17(2)31-4/h9-14H,2,8,15-16H2,1,3-7H3,(H,26,27)/b12-11+,20-18+,23-13+. The predicted molar refractivity (Wildman–Crippen MR) is 136 cm³/mol. The van der Waals surface area contributed by atoms with E-state index >= 15 is 0 Å². The van der Waals surface area contributed by atoms with Gasteiger partial charge < -0.3 is 29.0 Å². The number of rotatable bonds is 14. The second-order valence-corrected chi connectivity index (χ2v) is 9.12. The minimum atomic E-state index is -3.77. The van der Waals surface area contributed by atoms with E-state index in [1.165, 1.54) is 52.7 Å². The average Bonchev–Trinajstić information content (AvgIpc) is 2.82. The Morgan fingerprint density at radius 2 is 1.78 bits per heavy atom. The van der Waals surface area contributed by atoms with Gasteiger partial charge in [0.25, 0.3) is 0 Å². The van der Waals surface area contributed by atoms with Gasteiger partial charge in [0, 0.05) is 11.5 Å². The number of benzene rings is 1. The summed E-state index contributed by atoms with van der Waals surface area (Å²) in [5.41, 5.74) is 0.988. The minimum absolute atomic E-state index is 0.153. The van der Waals surface area contributed by atoms with Crippen molar-refractivity contribution in [1.29, 1.82) is 0 Å². The zero-order valence-corrected chi connectivity index (χ0v) is 22.2. The summed E-state index contributed by atoms with van der Waals surface area (Å²) < 4.78 is 51.4. The highest BCUT2D eigenvalue weighted by molar-refractivity contribution is 7.93. The molecule has 0 spiro atoms. The maximum Gasteiger partial charge on any atom is 0.315 e. The maximum absolute atomic E-state index is 12.9. The molecule has 11 heteroatoms. The first-order valence-corrected chi connectivity index (χ1v) is 12.5. The van der Waals surface area contributed by atoms with E-state index in [0.29, 0.717) is 34.2 Å². The third kappa shape index (κ3) is 9.87. The van der Waals surface area contributed by atoms with Gasteiger partial charge in [0.05, 0.1) is 52.1 Å². The van der Waals surface area contributed by atoms with Crippen molar-refractivity contribution in [3.63, 3.8) is 0 Å². The first-order valence-electron chi connectivity index (χ1n) is 10.8. The van der Waals surface area contributed by atoms with Crippen LogP contribution in [0.5, 0.6) is 5.75 Å². The monoisotopic (exact) mass is 523 g/mol. The SMILES string of the molecule is C=C(\C=C(OC)/C(/C=C/S(=O)(=O)Cc1ccc(OC)c(NC(=O)CC(=O)OCC)c1)=C(\C)OC)OC. The van der Waals surface area contributed by atoms with Gasteiger partial charge in [-0.3, -0.25) is 9.59 Å². The van der Waals surface area contributed by atoms with Crippen molar-refractivity contribution in [2.45, 2.75) is 26.0 Å². The third-order valence-electron chi connectivity index (χ3n) is 4.68. The number of anilines is 1. The van der Waals surface area contributed by atoms with E-state index in [1.54, 1.807) is 19.9 Å². The van der Waals surface area contributed by atoms with E-state index < -0.39 is 28.1 Å². The van der Waals surface area contributed by atoms with Crippen LogP contribution in [0.2, 0.25) is 0 Å². The Balaban J connectivity index is 3.20. The largest absolute Gasteiger partial charge is 0.501 e. The molecule has 198 valence electrons. The van der Waals surface area contributed by atoms with Crippen molar-refractivity contribution in [3.05, 3.63) is 70.8 Å². The van der Waals surface area contributed by atoms with Crippen LogP contribution in [-0.4, -0.2) is 55.3 Å². The zero-order chi connectivity index (χ0) is 27.3. The summed E-state index contributed by atoms with van der Waals surface area (Å²) in [5.74, 6) is -0.346. The van der Waals surface area contributed by atoms with Gasteiger partial charge in [0.15, 0.2) is 9.84 Å². The van der Waals surface area contributed by atoms with Crippen molar-refractivity contribution in [3.8, 4) is 5.75 Å². The van der Waals surface area contributed by atoms with E-state index in [1.807, 2.05) is 0 Å². The Morgan fingerprint density at radius 3 is 2.33 bits per heavy atom. The lowest BCUT2D eigenvalue weighted by Gasteiger charge is -2.13. The van der Waals surface area contributed by atoms with Crippen LogP contribution < -0.4 is 10.1 Å². The highest BCUT2D eigenvalue weighted by Crippen LogP contribution is 2.27. The van der Waals surface area contributed by atoms with Gasteiger partial charge in [-0.15, -0.1) is 0 Å². The maximum atomic E-state index is 12.9. The van der Waals surface area contributed by atoms with E-state index in [-0.39, 0.29) is 18.0 Å². The van der Waals surface area contributed by atoms with Crippen molar-refractivity contribution < 1.29 is 41.7 Å². The minimum Gasteiger partial charge on any atom is -0.501 e. The van der Waals surface area contributed by atoms with Crippen LogP contribution in [0.15, 0.2) is 65.2 Å². The average molecular weight is 524 g/mol. The number of sulfone groups is 1. The van der Waals surface area contributed by atoms with Gasteiger partial charge in [0.1, 0.15) is 29.4 Å². The Kier molecular flexibility index (Phi) is 12.3. The molecule has 1 rings (SSSR count). The lowest BCUT2D eigenvalue weighted by molar-refractivity contribution is -0.145. The Labute approximate surface area is 212 Å². The van der Waals surface area contributed by atoms with Gasteiger partial charge in [0.2, 0.25) is 5.91 Å². The molecule has 0 unspecified atom stereocenters. The highest BCUT2D eigenvalue weighted by Gasteiger charge is 2.16. The van der Waals surface area contributed by atoms with Gasteiger partial charge in [-0.25, -0.2) is 8.42 Å². The van der Waals surface area contributed by atoms with Gasteiger partial charge >= 0.3 is 5.97 Å². The second-order valence-electron chi connectivity index (χ2n) is 7.23. The summed E-state index contributed by atoms with van der Waals surface area (Å²) >= 11 is 0. The van der Waals surface area contributed by atoms with Crippen LogP contribution in [0.1, 0.15) is 25.8 Å². The zero-order valence-electron chi connectivity index (χ0n) is 21.4. The molecule has 0 aliphatic rings. The number of allylic oxidation sites excluding steroid dienone is 3. The summed E-state index contributed by atoms with van der Waals surface area (Å²) in [6.45, 7) is 7.15. The summed E-state index contributed by atoms with van der Waals surface area (Å²) in [5, 5.41) is 3.59. The molecule has 1 aromatic carbocycles. The number of nitrogens with one attached hydrogen (secondary N) is 1. The van der Waals surface area contributed by atoms with Crippen molar-refractivity contribution in [1.82, 2.24) is 0 Å². The number of methoxy groups -OCH3 is 4. The van der Waals surface area contributed by atoms with Gasteiger partial charge in [-0.05, 0) is 37.6 Å². The molecule has 1 N–H and O–H groups in total. The van der Waals surface area contributed by atoms with Crippen LogP contribution in [0.25, 0.3) is 0 Å². The predicted octanol–water partition coefficient (Wildman–Crippen LogP) is 3.63. The third-order valence-corrected chi connectivity index (χ3v) is 5.97. The van der Waals surface area contributed by atoms with E-state index in [0.717, 1.165) is 5.41 Å². The van der Waals surface area contributed by atoms with Crippen molar-refractivity contribution in [2.75, 3.05) is 40.4 Å². The lowest BCUT2D eigenvalue weighted by Crippen LogP contribution is -2.18. The molecule has 0 saturated carbocycles. The fraction of sp³-hybridized carbons (Fsp3) is 0.360. The molecule has 0 radical (unpaired) electrons. The number of hydrogen-bond acceptors (Lipinski definition) is 9. The van der Waals surface area contributed by atoms with Gasteiger partial charge in [-0.2, -0.15) is 0 Å². The van der Waals surface area contributed by atoms with Crippen LogP contribution in [0, 0.1) is 0 Å². The number of carbonyl (C=O) groups is 2. The number of ether oxygens (including phenoxy) is 5. The first-order chi connectivity index (χ1) is 17.0. The molecule has 0 bridgehead atoms. The summed E-state index contributed by atoms with van der Waals surface area (Å²) in [6.07, 6.45) is 2.38. The van der Waals surface area contributed by atoms with E-state index in [4.69, 9.17) is 23.7 Å². The summed E-state index contributed by atoms with van der Waals surface area (Å²) in [6, 6.07) is 4.55. The smallest absolute Gasteiger partial charge is 0.315 e. The molecular weight excluding hydrogens is 490 g/mol. The van der Waals surface area contributed by atoms with E-state index in [9.17, 15) is 18.0 Å². The number of amides is 1. The Morgan fingerprint density at radius 1 is 1.08 bits per heavy atom. The molecule has 0 aliphatic carbocycles. The Bertz CT molecular complexity index is 1150. The molecule has 36 heavy (non-hydrogen) atoms. The molecule has 0 saturated heterocycles. The fourth-order valence-electron chi connectivity index (χ4n) is 2.87. The number of hydrogen-bond donors (Lipinski definition) is 1. The molecule has 0 aliphatic heterocycles. The molecule has 1 amide bonds.